The van der Waals surface area contributed by atoms with Gasteiger partial charge in [-0.15, -0.1) is 0 Å². The van der Waals surface area contributed by atoms with Crippen LogP contribution >= 0.6 is 0 Å². The van der Waals surface area contributed by atoms with Crippen molar-refractivity contribution in [3.05, 3.63) is 29.6 Å². The molecule has 2 rings (SSSR count). The number of benzene rings is 1. The highest BCUT2D eigenvalue weighted by Gasteiger charge is 2.30. The average molecular weight is 385 g/mol. The summed E-state index contributed by atoms with van der Waals surface area (Å²) in [4.78, 5) is 26.3. The summed E-state index contributed by atoms with van der Waals surface area (Å²) in [5.74, 6) is -4.88. The molecule has 1 atom stereocenters. The zero-order valence-electron chi connectivity index (χ0n) is 15.7. The predicted octanol–water partition coefficient (Wildman–Crippen LogP) is 3.06. The highest BCUT2D eigenvalue weighted by Crippen LogP contribution is 2.22. The van der Waals surface area contributed by atoms with Crippen LogP contribution in [0.25, 0.3) is 0 Å². The first kappa shape index (κ1) is 21.2. The van der Waals surface area contributed by atoms with Crippen LogP contribution in [0.15, 0.2) is 12.1 Å². The molecule has 8 heteroatoms. The number of hydrogen-bond acceptors (Lipinski definition) is 3. The molecule has 1 aliphatic heterocycles. The number of anilines is 1. The van der Waals surface area contributed by atoms with Crippen molar-refractivity contribution in [2.45, 2.75) is 45.6 Å². The molecule has 0 saturated carbocycles. The van der Waals surface area contributed by atoms with Gasteiger partial charge in [-0.25, -0.2) is 13.2 Å². The van der Waals surface area contributed by atoms with Gasteiger partial charge in [-0.05, 0) is 51.4 Å². The van der Waals surface area contributed by atoms with Crippen LogP contribution in [0.5, 0.6) is 0 Å². The molecule has 27 heavy (non-hydrogen) atoms. The molecule has 0 radical (unpaired) electrons. The van der Waals surface area contributed by atoms with E-state index in [9.17, 15) is 22.8 Å². The van der Waals surface area contributed by atoms with Crippen molar-refractivity contribution in [1.82, 2.24) is 10.2 Å². The number of carbonyl (C=O) groups excluding carboxylic acids is 2. The van der Waals surface area contributed by atoms with Gasteiger partial charge in [-0.2, -0.15) is 0 Å². The molecule has 0 bridgehead atoms. The Balaban J connectivity index is 1.86. The number of rotatable bonds is 7. The number of unbranched alkanes of at least 4 members (excludes halogenated alkanes) is 1. The molecule has 1 aromatic carbocycles. The van der Waals surface area contributed by atoms with Crippen LogP contribution in [0.1, 0.15) is 39.5 Å². The second-order valence-electron chi connectivity index (χ2n) is 6.84. The first-order valence-corrected chi connectivity index (χ1v) is 9.31. The summed E-state index contributed by atoms with van der Waals surface area (Å²) in [5, 5.41) is 5.23. The smallest absolute Gasteiger partial charge is 0.241 e. The maximum absolute atomic E-state index is 13.7. The van der Waals surface area contributed by atoms with E-state index >= 15 is 0 Å². The van der Waals surface area contributed by atoms with Crippen LogP contribution in [0.2, 0.25) is 0 Å². The summed E-state index contributed by atoms with van der Waals surface area (Å²) in [6.07, 6.45) is 3.23. The second kappa shape index (κ2) is 9.73. The molecule has 0 aliphatic carbocycles. The summed E-state index contributed by atoms with van der Waals surface area (Å²) in [6, 6.07) is 1.17. The molecule has 1 heterocycles. The molecule has 150 valence electrons. The van der Waals surface area contributed by atoms with E-state index in [1.165, 1.54) is 0 Å². The number of amides is 2. The van der Waals surface area contributed by atoms with Gasteiger partial charge < -0.3 is 10.6 Å². The third-order valence-electron chi connectivity index (χ3n) is 4.95. The minimum absolute atomic E-state index is 0.0454. The Morgan fingerprint density at radius 2 is 1.85 bits per heavy atom. The fraction of sp³-hybridized carbons (Fsp3) is 0.579. The molecule has 1 saturated heterocycles. The van der Waals surface area contributed by atoms with Gasteiger partial charge in [0.15, 0.2) is 17.5 Å². The first-order valence-electron chi connectivity index (χ1n) is 9.31. The highest BCUT2D eigenvalue weighted by molar-refractivity contribution is 5.94. The lowest BCUT2D eigenvalue weighted by molar-refractivity contribution is -0.127. The SMILES string of the molecule is CCCCNC(=O)C1CCN(C(C)C(=O)Nc2ccc(F)c(F)c2F)CC1. The number of carbonyl (C=O) groups is 2. The molecule has 1 fully saturated rings. The number of halogens is 3. The van der Waals surface area contributed by atoms with E-state index in [-0.39, 0.29) is 11.8 Å². The van der Waals surface area contributed by atoms with E-state index in [1.807, 2.05) is 4.90 Å². The monoisotopic (exact) mass is 385 g/mol. The van der Waals surface area contributed by atoms with Gasteiger partial charge in [0.2, 0.25) is 11.8 Å². The molecule has 1 aliphatic rings. The fourth-order valence-electron chi connectivity index (χ4n) is 3.11. The number of piperidine rings is 1. The molecular formula is C19H26F3N3O2. The minimum Gasteiger partial charge on any atom is -0.356 e. The Labute approximate surface area is 157 Å². The number of likely N-dealkylation sites (tertiary alicyclic amines) is 1. The summed E-state index contributed by atoms with van der Waals surface area (Å²) >= 11 is 0. The summed E-state index contributed by atoms with van der Waals surface area (Å²) < 4.78 is 40.0. The van der Waals surface area contributed by atoms with Gasteiger partial charge in [-0.3, -0.25) is 14.5 Å². The molecule has 0 aromatic heterocycles. The molecule has 0 spiro atoms. The quantitative estimate of drug-likeness (QED) is 0.560. The Bertz CT molecular complexity index is 676. The molecule has 2 amide bonds. The zero-order chi connectivity index (χ0) is 20.0. The van der Waals surface area contributed by atoms with E-state index in [0.717, 1.165) is 25.0 Å². The minimum atomic E-state index is -1.62. The van der Waals surface area contributed by atoms with E-state index in [4.69, 9.17) is 0 Å². The van der Waals surface area contributed by atoms with Crippen molar-refractivity contribution in [2.75, 3.05) is 25.0 Å². The van der Waals surface area contributed by atoms with Crippen molar-refractivity contribution in [2.24, 2.45) is 5.92 Å². The number of nitrogens with zero attached hydrogens (tertiary/aromatic N) is 1. The Hall–Kier alpha value is -2.09. The van der Waals surface area contributed by atoms with Crippen LogP contribution in [0.4, 0.5) is 18.9 Å². The highest BCUT2D eigenvalue weighted by atomic mass is 19.2. The second-order valence-corrected chi connectivity index (χ2v) is 6.84. The van der Waals surface area contributed by atoms with Crippen molar-refractivity contribution in [1.29, 1.82) is 0 Å². The lowest BCUT2D eigenvalue weighted by Crippen LogP contribution is -2.48. The van der Waals surface area contributed by atoms with E-state index in [2.05, 4.69) is 17.6 Å². The van der Waals surface area contributed by atoms with Crippen molar-refractivity contribution in [3.63, 3.8) is 0 Å². The topological polar surface area (TPSA) is 61.4 Å². The number of nitrogens with one attached hydrogen (secondary N) is 2. The predicted molar refractivity (Wildman–Crippen MR) is 96.6 cm³/mol. The first-order chi connectivity index (χ1) is 12.8. The van der Waals surface area contributed by atoms with Gasteiger partial charge in [0, 0.05) is 12.5 Å². The zero-order valence-corrected chi connectivity index (χ0v) is 15.7. The third kappa shape index (κ3) is 5.45. The maximum Gasteiger partial charge on any atom is 0.241 e. The van der Waals surface area contributed by atoms with Gasteiger partial charge in [0.25, 0.3) is 0 Å². The van der Waals surface area contributed by atoms with Crippen LogP contribution in [0, 0.1) is 23.4 Å². The standard InChI is InChI=1S/C19H26F3N3O2/c1-3-4-9-23-19(27)13-7-10-25(11-8-13)12(2)18(26)24-15-6-5-14(20)16(21)17(15)22/h5-6,12-13H,3-4,7-11H2,1-2H3,(H,23,27)(H,24,26). The van der Waals surface area contributed by atoms with Gasteiger partial charge in [-0.1, -0.05) is 13.3 Å². The maximum atomic E-state index is 13.7. The number of hydrogen-bond donors (Lipinski definition) is 2. The van der Waals surface area contributed by atoms with E-state index < -0.39 is 35.1 Å². The average Bonchev–Trinajstić information content (AvgIpc) is 2.68. The lowest BCUT2D eigenvalue weighted by Gasteiger charge is -2.34. The fourth-order valence-corrected chi connectivity index (χ4v) is 3.11. The van der Waals surface area contributed by atoms with Crippen LogP contribution in [-0.4, -0.2) is 42.4 Å². The van der Waals surface area contributed by atoms with Crippen molar-refractivity contribution >= 4 is 17.5 Å². The molecular weight excluding hydrogens is 359 g/mol. The van der Waals surface area contributed by atoms with Crippen molar-refractivity contribution in [3.8, 4) is 0 Å². The Morgan fingerprint density at radius 3 is 2.48 bits per heavy atom. The van der Waals surface area contributed by atoms with Crippen LogP contribution in [0.3, 0.4) is 0 Å². The molecule has 1 unspecified atom stereocenters. The molecule has 5 nitrogen and oxygen atoms in total. The summed E-state index contributed by atoms with van der Waals surface area (Å²) in [5.41, 5.74) is -0.393. The Kier molecular flexibility index (Phi) is 7.65. The van der Waals surface area contributed by atoms with Gasteiger partial charge in [0.1, 0.15) is 0 Å². The van der Waals surface area contributed by atoms with Gasteiger partial charge in [0.05, 0.1) is 11.7 Å². The van der Waals surface area contributed by atoms with Gasteiger partial charge >= 0.3 is 0 Å². The summed E-state index contributed by atoms with van der Waals surface area (Å²) in [6.45, 7) is 5.51. The van der Waals surface area contributed by atoms with E-state index in [1.54, 1.807) is 6.92 Å². The van der Waals surface area contributed by atoms with Crippen LogP contribution < -0.4 is 10.6 Å². The summed E-state index contributed by atoms with van der Waals surface area (Å²) in [7, 11) is 0. The van der Waals surface area contributed by atoms with Crippen LogP contribution in [-0.2, 0) is 9.59 Å². The van der Waals surface area contributed by atoms with Crippen molar-refractivity contribution < 1.29 is 22.8 Å². The molecule has 2 N–H and O–H groups in total. The normalized spacial score (nSPS) is 16.8. The Morgan fingerprint density at radius 1 is 1.19 bits per heavy atom. The van der Waals surface area contributed by atoms with E-state index in [0.29, 0.717) is 32.5 Å². The lowest BCUT2D eigenvalue weighted by atomic mass is 9.95. The molecule has 1 aromatic rings. The largest absolute Gasteiger partial charge is 0.356 e. The third-order valence-corrected chi connectivity index (χ3v) is 4.95.